The molecule has 7 nitrogen and oxygen atoms in total. The fourth-order valence-corrected chi connectivity index (χ4v) is 3.03. The summed E-state index contributed by atoms with van der Waals surface area (Å²) < 4.78 is 30.5. The molecular formula is C15H19N3O4S. The third-order valence-corrected chi connectivity index (χ3v) is 5.31. The van der Waals surface area contributed by atoms with E-state index in [-0.39, 0.29) is 10.8 Å². The van der Waals surface area contributed by atoms with Crippen molar-refractivity contribution < 1.29 is 17.7 Å². The van der Waals surface area contributed by atoms with Gasteiger partial charge >= 0.3 is 0 Å². The number of carbonyl (C=O) groups excluding carboxylic acids is 1. The fourth-order valence-electron chi connectivity index (χ4n) is 2.10. The zero-order valence-corrected chi connectivity index (χ0v) is 14.5. The number of carbonyl (C=O) groups is 1. The van der Waals surface area contributed by atoms with E-state index in [1.54, 1.807) is 26.8 Å². The lowest BCUT2D eigenvalue weighted by Gasteiger charge is -2.14. The monoisotopic (exact) mass is 337 g/mol. The highest BCUT2D eigenvalue weighted by Gasteiger charge is 2.21. The molecular weight excluding hydrogens is 318 g/mol. The number of hydrogen-bond acceptors (Lipinski definition) is 5. The maximum Gasteiger partial charge on any atom is 0.261 e. The third-order valence-electron chi connectivity index (χ3n) is 3.50. The zero-order valence-electron chi connectivity index (χ0n) is 13.7. The standard InChI is InChI=1S/C15H19N3O4S/c1-9-6-7-12(23(20,21)18(4)5)8-13(9)16-15(19)14-10(2)17-22-11(14)3/h6-8H,1-5H3,(H,16,19). The van der Waals surface area contributed by atoms with Crippen LogP contribution in [0.5, 0.6) is 0 Å². The molecule has 124 valence electrons. The van der Waals surface area contributed by atoms with Crippen LogP contribution in [0.2, 0.25) is 0 Å². The average molecular weight is 337 g/mol. The molecule has 0 fully saturated rings. The van der Waals surface area contributed by atoms with Crippen molar-refractivity contribution in [2.24, 2.45) is 0 Å². The molecule has 1 aromatic carbocycles. The Morgan fingerprint density at radius 3 is 2.39 bits per heavy atom. The molecule has 0 atom stereocenters. The first-order valence-corrected chi connectivity index (χ1v) is 8.36. The number of benzene rings is 1. The van der Waals surface area contributed by atoms with Crippen molar-refractivity contribution in [3.05, 3.63) is 40.8 Å². The number of amides is 1. The molecule has 1 heterocycles. The van der Waals surface area contributed by atoms with Gasteiger partial charge in [-0.05, 0) is 38.5 Å². The Morgan fingerprint density at radius 1 is 1.22 bits per heavy atom. The first kappa shape index (κ1) is 17.2. The number of hydrogen-bond donors (Lipinski definition) is 1. The van der Waals surface area contributed by atoms with Crippen molar-refractivity contribution in [1.29, 1.82) is 0 Å². The molecule has 0 aliphatic heterocycles. The molecule has 2 aromatic rings. The SMILES string of the molecule is Cc1ccc(S(=O)(=O)N(C)C)cc1NC(=O)c1c(C)noc1C. The maximum absolute atomic E-state index is 12.4. The lowest BCUT2D eigenvalue weighted by Crippen LogP contribution is -2.22. The van der Waals surface area contributed by atoms with Crippen molar-refractivity contribution in [2.45, 2.75) is 25.7 Å². The predicted molar refractivity (Wildman–Crippen MR) is 86.0 cm³/mol. The van der Waals surface area contributed by atoms with Gasteiger partial charge in [0.15, 0.2) is 0 Å². The van der Waals surface area contributed by atoms with Crippen LogP contribution in [0.4, 0.5) is 5.69 Å². The quantitative estimate of drug-likeness (QED) is 0.922. The number of sulfonamides is 1. The number of nitrogens with zero attached hydrogens (tertiary/aromatic N) is 2. The van der Waals surface area contributed by atoms with Crippen molar-refractivity contribution in [2.75, 3.05) is 19.4 Å². The summed E-state index contributed by atoms with van der Waals surface area (Å²) in [4.78, 5) is 12.5. The average Bonchev–Trinajstić information content (AvgIpc) is 2.80. The second-order valence-corrected chi connectivity index (χ2v) is 7.57. The summed E-state index contributed by atoms with van der Waals surface area (Å²) in [6.07, 6.45) is 0. The summed E-state index contributed by atoms with van der Waals surface area (Å²) in [5.41, 5.74) is 2.01. The van der Waals surface area contributed by atoms with Gasteiger partial charge < -0.3 is 9.84 Å². The molecule has 0 aliphatic rings. The summed E-state index contributed by atoms with van der Waals surface area (Å²) in [7, 11) is -0.660. The van der Waals surface area contributed by atoms with Crippen LogP contribution in [0.15, 0.2) is 27.6 Å². The van der Waals surface area contributed by atoms with Crippen LogP contribution in [0.25, 0.3) is 0 Å². The third kappa shape index (κ3) is 3.27. The number of aromatic nitrogens is 1. The fraction of sp³-hybridized carbons (Fsp3) is 0.333. The Balaban J connectivity index is 2.39. The molecule has 0 saturated carbocycles. The van der Waals surface area contributed by atoms with Gasteiger partial charge in [0.25, 0.3) is 5.91 Å². The molecule has 2 rings (SSSR count). The lowest BCUT2D eigenvalue weighted by molar-refractivity contribution is 0.102. The molecule has 8 heteroatoms. The van der Waals surface area contributed by atoms with Crippen molar-refractivity contribution in [3.63, 3.8) is 0 Å². The number of rotatable bonds is 4. The summed E-state index contributed by atoms with van der Waals surface area (Å²) in [6.45, 7) is 5.11. The molecule has 1 N–H and O–H groups in total. The second kappa shape index (κ2) is 6.13. The first-order chi connectivity index (χ1) is 10.6. The molecule has 0 spiro atoms. The number of aryl methyl sites for hydroxylation is 3. The Morgan fingerprint density at radius 2 is 1.87 bits per heavy atom. The molecule has 0 saturated heterocycles. The Bertz CT molecular complexity index is 834. The summed E-state index contributed by atoms with van der Waals surface area (Å²) in [6, 6.07) is 4.61. The van der Waals surface area contributed by atoms with E-state index in [0.29, 0.717) is 22.7 Å². The van der Waals surface area contributed by atoms with Gasteiger partial charge in [-0.25, -0.2) is 12.7 Å². The van der Waals surface area contributed by atoms with Gasteiger partial charge in [0, 0.05) is 19.8 Å². The van der Waals surface area contributed by atoms with E-state index in [2.05, 4.69) is 10.5 Å². The Hall–Kier alpha value is -2.19. The minimum absolute atomic E-state index is 0.113. The molecule has 23 heavy (non-hydrogen) atoms. The van der Waals surface area contributed by atoms with Crippen LogP contribution in [0.3, 0.4) is 0 Å². The van der Waals surface area contributed by atoms with Crippen LogP contribution < -0.4 is 5.32 Å². The van der Waals surface area contributed by atoms with Gasteiger partial charge in [-0.2, -0.15) is 0 Å². The van der Waals surface area contributed by atoms with E-state index in [1.165, 1.54) is 26.2 Å². The van der Waals surface area contributed by atoms with Gasteiger partial charge in [0.05, 0.1) is 10.6 Å². The van der Waals surface area contributed by atoms with Gasteiger partial charge in [0.2, 0.25) is 10.0 Å². The van der Waals surface area contributed by atoms with Crippen LogP contribution in [-0.4, -0.2) is 37.9 Å². The van der Waals surface area contributed by atoms with Crippen LogP contribution in [0, 0.1) is 20.8 Å². The lowest BCUT2D eigenvalue weighted by atomic mass is 10.1. The van der Waals surface area contributed by atoms with E-state index in [1.807, 2.05) is 0 Å². The summed E-state index contributed by atoms with van der Waals surface area (Å²) >= 11 is 0. The Labute approximate surface area is 135 Å². The molecule has 0 radical (unpaired) electrons. The highest BCUT2D eigenvalue weighted by molar-refractivity contribution is 7.89. The van der Waals surface area contributed by atoms with Crippen molar-refractivity contribution in [3.8, 4) is 0 Å². The molecule has 0 bridgehead atoms. The molecule has 0 aliphatic carbocycles. The number of nitrogens with one attached hydrogen (secondary N) is 1. The summed E-state index contributed by atoms with van der Waals surface area (Å²) in [5.74, 6) is 0.0264. The van der Waals surface area contributed by atoms with Gasteiger partial charge in [-0.1, -0.05) is 11.2 Å². The normalized spacial score (nSPS) is 11.7. The minimum atomic E-state index is -3.57. The molecule has 1 amide bonds. The van der Waals surface area contributed by atoms with E-state index < -0.39 is 10.0 Å². The molecule has 1 aromatic heterocycles. The predicted octanol–water partition coefficient (Wildman–Crippen LogP) is 2.10. The van der Waals surface area contributed by atoms with Crippen molar-refractivity contribution >= 4 is 21.6 Å². The Kier molecular flexibility index (Phi) is 4.58. The smallest absolute Gasteiger partial charge is 0.261 e. The zero-order chi connectivity index (χ0) is 17.4. The van der Waals surface area contributed by atoms with Crippen molar-refractivity contribution in [1.82, 2.24) is 9.46 Å². The largest absolute Gasteiger partial charge is 0.361 e. The summed E-state index contributed by atoms with van der Waals surface area (Å²) in [5, 5.41) is 6.47. The van der Waals surface area contributed by atoms with Crippen LogP contribution in [-0.2, 0) is 10.0 Å². The second-order valence-electron chi connectivity index (χ2n) is 5.42. The van der Waals surface area contributed by atoms with Gasteiger partial charge in [-0.15, -0.1) is 0 Å². The van der Waals surface area contributed by atoms with Crippen LogP contribution in [0.1, 0.15) is 27.4 Å². The molecule has 0 unspecified atom stereocenters. The van der Waals surface area contributed by atoms with E-state index in [0.717, 1.165) is 9.87 Å². The maximum atomic E-state index is 12.4. The highest BCUT2D eigenvalue weighted by Crippen LogP contribution is 2.23. The topological polar surface area (TPSA) is 92.5 Å². The first-order valence-electron chi connectivity index (χ1n) is 6.92. The van der Waals surface area contributed by atoms with E-state index >= 15 is 0 Å². The minimum Gasteiger partial charge on any atom is -0.361 e. The highest BCUT2D eigenvalue weighted by atomic mass is 32.2. The van der Waals surface area contributed by atoms with Crippen LogP contribution >= 0.6 is 0 Å². The number of anilines is 1. The van der Waals surface area contributed by atoms with Gasteiger partial charge in [0.1, 0.15) is 11.3 Å². The van der Waals surface area contributed by atoms with E-state index in [9.17, 15) is 13.2 Å². The van der Waals surface area contributed by atoms with E-state index in [4.69, 9.17) is 4.52 Å². The van der Waals surface area contributed by atoms with Gasteiger partial charge in [-0.3, -0.25) is 4.79 Å².